The maximum atomic E-state index is 9.30. The predicted molar refractivity (Wildman–Crippen MR) is 40.9 cm³/mol. The lowest BCUT2D eigenvalue weighted by Gasteiger charge is -2.06. The zero-order valence-electron chi connectivity index (χ0n) is 6.14. The molecule has 0 unspecified atom stereocenters. The first-order valence-electron chi connectivity index (χ1n) is 3.54. The SMILES string of the molecule is OCC[C@@H](O)c1ccccn1. The van der Waals surface area contributed by atoms with E-state index in [-0.39, 0.29) is 6.61 Å². The summed E-state index contributed by atoms with van der Waals surface area (Å²) >= 11 is 0. The lowest BCUT2D eigenvalue weighted by molar-refractivity contribution is 0.130. The van der Waals surface area contributed by atoms with Crippen LogP contribution in [0.4, 0.5) is 0 Å². The lowest BCUT2D eigenvalue weighted by atomic mass is 10.2. The van der Waals surface area contributed by atoms with Crippen LogP contribution in [-0.4, -0.2) is 21.8 Å². The van der Waals surface area contributed by atoms with Crippen molar-refractivity contribution in [1.82, 2.24) is 4.98 Å². The Bertz CT molecular complexity index is 201. The van der Waals surface area contributed by atoms with Crippen molar-refractivity contribution < 1.29 is 10.2 Å². The first-order chi connectivity index (χ1) is 5.34. The molecule has 0 aliphatic rings. The number of hydrogen-bond acceptors (Lipinski definition) is 3. The van der Waals surface area contributed by atoms with Crippen molar-refractivity contribution in [2.75, 3.05) is 6.61 Å². The average molecular weight is 153 g/mol. The van der Waals surface area contributed by atoms with Gasteiger partial charge in [-0.25, -0.2) is 0 Å². The fraction of sp³-hybridized carbons (Fsp3) is 0.375. The van der Waals surface area contributed by atoms with Crippen LogP contribution in [0.3, 0.4) is 0 Å². The Morgan fingerprint density at radius 1 is 1.45 bits per heavy atom. The number of nitrogens with zero attached hydrogens (tertiary/aromatic N) is 1. The molecule has 1 aromatic heterocycles. The summed E-state index contributed by atoms with van der Waals surface area (Å²) in [5.41, 5.74) is 0.613. The molecule has 0 aliphatic carbocycles. The molecule has 11 heavy (non-hydrogen) atoms. The molecule has 1 aromatic rings. The Hall–Kier alpha value is -0.930. The Balaban J connectivity index is 2.61. The fourth-order valence-corrected chi connectivity index (χ4v) is 0.843. The quantitative estimate of drug-likeness (QED) is 0.664. The second kappa shape index (κ2) is 4.05. The summed E-state index contributed by atoms with van der Waals surface area (Å²) in [6, 6.07) is 5.33. The maximum Gasteiger partial charge on any atom is 0.0981 e. The van der Waals surface area contributed by atoms with Gasteiger partial charge in [-0.2, -0.15) is 0 Å². The van der Waals surface area contributed by atoms with E-state index in [1.54, 1.807) is 18.3 Å². The van der Waals surface area contributed by atoms with Crippen LogP contribution in [0.5, 0.6) is 0 Å². The summed E-state index contributed by atoms with van der Waals surface area (Å²) < 4.78 is 0. The van der Waals surface area contributed by atoms with E-state index in [4.69, 9.17) is 5.11 Å². The second-order valence-electron chi connectivity index (χ2n) is 2.28. The number of aliphatic hydroxyl groups is 2. The van der Waals surface area contributed by atoms with Gasteiger partial charge in [0, 0.05) is 19.2 Å². The summed E-state index contributed by atoms with van der Waals surface area (Å²) in [6.07, 6.45) is 1.33. The molecule has 1 atom stereocenters. The van der Waals surface area contributed by atoms with E-state index in [1.807, 2.05) is 6.07 Å². The van der Waals surface area contributed by atoms with Gasteiger partial charge in [-0.15, -0.1) is 0 Å². The van der Waals surface area contributed by atoms with Crippen molar-refractivity contribution in [3.63, 3.8) is 0 Å². The number of aliphatic hydroxyl groups excluding tert-OH is 2. The minimum Gasteiger partial charge on any atom is -0.396 e. The molecule has 2 N–H and O–H groups in total. The van der Waals surface area contributed by atoms with E-state index < -0.39 is 6.10 Å². The summed E-state index contributed by atoms with van der Waals surface area (Å²) in [6.45, 7) is -0.0161. The Morgan fingerprint density at radius 3 is 2.82 bits per heavy atom. The van der Waals surface area contributed by atoms with Crippen LogP contribution in [0.2, 0.25) is 0 Å². The zero-order chi connectivity index (χ0) is 8.10. The molecule has 3 heteroatoms. The van der Waals surface area contributed by atoms with Crippen molar-refractivity contribution in [3.8, 4) is 0 Å². The largest absolute Gasteiger partial charge is 0.396 e. The van der Waals surface area contributed by atoms with Gasteiger partial charge in [0.2, 0.25) is 0 Å². The van der Waals surface area contributed by atoms with Crippen molar-refractivity contribution in [1.29, 1.82) is 0 Å². The molecule has 0 radical (unpaired) electrons. The van der Waals surface area contributed by atoms with E-state index in [0.717, 1.165) is 0 Å². The topological polar surface area (TPSA) is 53.4 Å². The van der Waals surface area contributed by atoms with Crippen molar-refractivity contribution in [2.45, 2.75) is 12.5 Å². The zero-order valence-corrected chi connectivity index (χ0v) is 6.14. The molecule has 0 saturated heterocycles. The molecular formula is C8H11NO2. The lowest BCUT2D eigenvalue weighted by Crippen LogP contribution is -2.01. The van der Waals surface area contributed by atoms with Crippen molar-refractivity contribution >= 4 is 0 Å². The minimum absolute atomic E-state index is 0.0161. The van der Waals surface area contributed by atoms with Gasteiger partial charge >= 0.3 is 0 Å². The number of pyridine rings is 1. The Kier molecular flexibility index (Phi) is 3.01. The number of rotatable bonds is 3. The molecule has 1 heterocycles. The maximum absolute atomic E-state index is 9.30. The van der Waals surface area contributed by atoms with Crippen LogP contribution in [-0.2, 0) is 0 Å². The first-order valence-corrected chi connectivity index (χ1v) is 3.54. The van der Waals surface area contributed by atoms with E-state index >= 15 is 0 Å². The van der Waals surface area contributed by atoms with Gasteiger partial charge in [0.1, 0.15) is 0 Å². The summed E-state index contributed by atoms with van der Waals surface area (Å²) in [5, 5.41) is 17.8. The molecule has 0 aliphatic heterocycles. The van der Waals surface area contributed by atoms with E-state index in [0.29, 0.717) is 12.1 Å². The van der Waals surface area contributed by atoms with Gasteiger partial charge < -0.3 is 10.2 Å². The molecule has 3 nitrogen and oxygen atoms in total. The van der Waals surface area contributed by atoms with Crippen LogP contribution in [0.15, 0.2) is 24.4 Å². The molecule has 0 saturated carbocycles. The molecule has 0 spiro atoms. The highest BCUT2D eigenvalue weighted by Gasteiger charge is 2.05. The highest BCUT2D eigenvalue weighted by molar-refractivity contribution is 5.06. The highest BCUT2D eigenvalue weighted by atomic mass is 16.3. The third-order valence-electron chi connectivity index (χ3n) is 1.43. The standard InChI is InChI=1S/C8H11NO2/c10-6-4-8(11)7-3-1-2-5-9-7/h1-3,5,8,10-11H,4,6H2/t8-/m1/s1. The molecule has 60 valence electrons. The smallest absolute Gasteiger partial charge is 0.0981 e. The van der Waals surface area contributed by atoms with E-state index in [9.17, 15) is 5.11 Å². The monoisotopic (exact) mass is 153 g/mol. The summed E-state index contributed by atoms with van der Waals surface area (Å²) in [4.78, 5) is 3.94. The van der Waals surface area contributed by atoms with Gasteiger partial charge in [0.25, 0.3) is 0 Å². The summed E-state index contributed by atoms with van der Waals surface area (Å²) in [5.74, 6) is 0. The van der Waals surface area contributed by atoms with Crippen LogP contribution >= 0.6 is 0 Å². The second-order valence-corrected chi connectivity index (χ2v) is 2.28. The van der Waals surface area contributed by atoms with Gasteiger partial charge in [0.05, 0.1) is 11.8 Å². The normalized spacial score (nSPS) is 12.9. The van der Waals surface area contributed by atoms with Crippen LogP contribution in [0.25, 0.3) is 0 Å². The van der Waals surface area contributed by atoms with Crippen LogP contribution < -0.4 is 0 Å². The fourth-order valence-electron chi connectivity index (χ4n) is 0.843. The van der Waals surface area contributed by atoms with Gasteiger partial charge in [-0.1, -0.05) is 6.07 Å². The van der Waals surface area contributed by atoms with Gasteiger partial charge in [-0.3, -0.25) is 4.98 Å². The molecular weight excluding hydrogens is 142 g/mol. The molecule has 0 amide bonds. The average Bonchev–Trinajstić information content (AvgIpc) is 2.07. The Morgan fingerprint density at radius 2 is 2.27 bits per heavy atom. The van der Waals surface area contributed by atoms with Crippen molar-refractivity contribution in [3.05, 3.63) is 30.1 Å². The van der Waals surface area contributed by atoms with Crippen molar-refractivity contribution in [2.24, 2.45) is 0 Å². The minimum atomic E-state index is -0.638. The predicted octanol–water partition coefficient (Wildman–Crippen LogP) is 0.497. The molecule has 0 aromatic carbocycles. The van der Waals surface area contributed by atoms with Crippen LogP contribution in [0.1, 0.15) is 18.2 Å². The Labute approximate surface area is 65.3 Å². The highest BCUT2D eigenvalue weighted by Crippen LogP contribution is 2.11. The molecule has 0 fully saturated rings. The van der Waals surface area contributed by atoms with Gasteiger partial charge in [-0.05, 0) is 12.1 Å². The molecule has 0 bridgehead atoms. The van der Waals surface area contributed by atoms with Crippen LogP contribution in [0, 0.1) is 0 Å². The first kappa shape index (κ1) is 8.17. The third-order valence-corrected chi connectivity index (χ3v) is 1.43. The third kappa shape index (κ3) is 2.29. The molecule has 1 rings (SSSR count). The number of aromatic nitrogens is 1. The summed E-state index contributed by atoms with van der Waals surface area (Å²) in [7, 11) is 0. The van der Waals surface area contributed by atoms with E-state index in [2.05, 4.69) is 4.98 Å². The van der Waals surface area contributed by atoms with E-state index in [1.165, 1.54) is 0 Å². The van der Waals surface area contributed by atoms with Gasteiger partial charge in [0.15, 0.2) is 0 Å². The number of hydrogen-bond donors (Lipinski definition) is 2.